The maximum absolute atomic E-state index is 11.8. The minimum absolute atomic E-state index is 0.154. The van der Waals surface area contributed by atoms with Gasteiger partial charge >= 0.3 is 0 Å². The second kappa shape index (κ2) is 5.33. The van der Waals surface area contributed by atoms with Gasteiger partial charge in [-0.25, -0.2) is 0 Å². The first-order valence-electron chi connectivity index (χ1n) is 7.15. The predicted molar refractivity (Wildman–Crippen MR) is 70.7 cm³/mol. The predicted octanol–water partition coefficient (Wildman–Crippen LogP) is 1.09. The number of aromatic nitrogens is 2. The average Bonchev–Trinajstić information content (AvgIpc) is 2.69. The molecule has 1 aliphatic heterocycles. The van der Waals surface area contributed by atoms with Crippen molar-refractivity contribution >= 4 is 5.91 Å². The Kier molecular flexibility index (Phi) is 3.55. The van der Waals surface area contributed by atoms with Crippen LogP contribution in [-0.2, 0) is 36.0 Å². The minimum Gasteiger partial charge on any atom is -0.376 e. The summed E-state index contributed by atoms with van der Waals surface area (Å²) in [6, 6.07) is 0.425. The first-order chi connectivity index (χ1) is 9.24. The highest BCUT2D eigenvalue weighted by Gasteiger charge is 2.22. The highest BCUT2D eigenvalue weighted by molar-refractivity contribution is 5.76. The van der Waals surface area contributed by atoms with E-state index in [1.165, 1.54) is 17.7 Å². The highest BCUT2D eigenvalue weighted by Crippen LogP contribution is 2.21. The SMILES string of the molecule is Cn1nc(CCC(=O)NC2CCC2)c2c1CCOC2. The number of hydrogen-bond acceptors (Lipinski definition) is 3. The van der Waals surface area contributed by atoms with Crippen LogP contribution in [0.15, 0.2) is 0 Å². The Morgan fingerprint density at radius 2 is 2.37 bits per heavy atom. The van der Waals surface area contributed by atoms with Crippen molar-refractivity contribution in [1.82, 2.24) is 15.1 Å². The van der Waals surface area contributed by atoms with Crippen LogP contribution in [0.25, 0.3) is 0 Å². The molecule has 1 N–H and O–H groups in total. The Hall–Kier alpha value is -1.36. The zero-order valence-corrected chi connectivity index (χ0v) is 11.4. The van der Waals surface area contributed by atoms with Gasteiger partial charge in [0.05, 0.1) is 18.9 Å². The monoisotopic (exact) mass is 263 g/mol. The van der Waals surface area contributed by atoms with Crippen molar-refractivity contribution < 1.29 is 9.53 Å². The number of ether oxygens (including phenoxy) is 1. The number of carbonyl (C=O) groups excluding carboxylic acids is 1. The lowest BCUT2D eigenvalue weighted by atomic mass is 9.93. The molecule has 0 radical (unpaired) electrons. The van der Waals surface area contributed by atoms with E-state index in [1.54, 1.807) is 0 Å². The van der Waals surface area contributed by atoms with Gasteiger partial charge in [0.25, 0.3) is 0 Å². The third-order valence-electron chi connectivity index (χ3n) is 4.15. The molecule has 104 valence electrons. The first-order valence-corrected chi connectivity index (χ1v) is 7.15. The molecule has 5 heteroatoms. The van der Waals surface area contributed by atoms with Crippen LogP contribution >= 0.6 is 0 Å². The molecule has 5 nitrogen and oxygen atoms in total. The van der Waals surface area contributed by atoms with Crippen LogP contribution in [0, 0.1) is 0 Å². The lowest BCUT2D eigenvalue weighted by molar-refractivity contribution is -0.122. The van der Waals surface area contributed by atoms with Gasteiger partial charge in [-0.2, -0.15) is 5.10 Å². The molecule has 1 aromatic heterocycles. The minimum atomic E-state index is 0.154. The molecule has 19 heavy (non-hydrogen) atoms. The van der Waals surface area contributed by atoms with E-state index in [-0.39, 0.29) is 5.91 Å². The molecular weight excluding hydrogens is 242 g/mol. The summed E-state index contributed by atoms with van der Waals surface area (Å²) in [5.41, 5.74) is 3.49. The lowest BCUT2D eigenvalue weighted by Gasteiger charge is -2.26. The van der Waals surface area contributed by atoms with Gasteiger partial charge in [0.15, 0.2) is 0 Å². The maximum atomic E-state index is 11.8. The van der Waals surface area contributed by atoms with Crippen molar-refractivity contribution in [3.8, 4) is 0 Å². The summed E-state index contributed by atoms with van der Waals surface area (Å²) in [6.07, 6.45) is 5.69. The smallest absolute Gasteiger partial charge is 0.220 e. The van der Waals surface area contributed by atoms with Gasteiger partial charge in [0.1, 0.15) is 0 Å². The second-order valence-electron chi connectivity index (χ2n) is 5.49. The molecule has 0 spiro atoms. The number of nitrogens with zero attached hydrogens (tertiary/aromatic N) is 2. The van der Waals surface area contributed by atoms with Crippen molar-refractivity contribution in [2.75, 3.05) is 6.61 Å². The summed E-state index contributed by atoms with van der Waals surface area (Å²) >= 11 is 0. The third-order valence-corrected chi connectivity index (χ3v) is 4.15. The number of fused-ring (bicyclic) bond motifs is 1. The summed E-state index contributed by atoms with van der Waals surface area (Å²) in [4.78, 5) is 11.8. The summed E-state index contributed by atoms with van der Waals surface area (Å²) in [7, 11) is 1.97. The number of amides is 1. The zero-order chi connectivity index (χ0) is 13.2. The fourth-order valence-corrected chi connectivity index (χ4v) is 2.77. The van der Waals surface area contributed by atoms with E-state index in [4.69, 9.17) is 4.74 Å². The van der Waals surface area contributed by atoms with Crippen molar-refractivity contribution in [2.45, 2.75) is 51.2 Å². The molecule has 0 atom stereocenters. The van der Waals surface area contributed by atoms with E-state index in [9.17, 15) is 4.79 Å². The molecule has 0 aromatic carbocycles. The van der Waals surface area contributed by atoms with E-state index in [0.29, 0.717) is 25.5 Å². The van der Waals surface area contributed by atoms with Crippen LogP contribution in [0.3, 0.4) is 0 Å². The molecule has 2 heterocycles. The number of carbonyl (C=O) groups is 1. The summed E-state index contributed by atoms with van der Waals surface area (Å²) in [6.45, 7) is 1.41. The number of aryl methyl sites for hydroxylation is 2. The Labute approximate surface area is 113 Å². The van der Waals surface area contributed by atoms with Gasteiger partial charge in [-0.15, -0.1) is 0 Å². The van der Waals surface area contributed by atoms with Crippen LogP contribution in [0.4, 0.5) is 0 Å². The largest absolute Gasteiger partial charge is 0.376 e. The van der Waals surface area contributed by atoms with Crippen molar-refractivity contribution in [3.63, 3.8) is 0 Å². The fourth-order valence-electron chi connectivity index (χ4n) is 2.77. The molecule has 1 fully saturated rings. The maximum Gasteiger partial charge on any atom is 0.220 e. The van der Waals surface area contributed by atoms with Gasteiger partial charge < -0.3 is 10.1 Å². The van der Waals surface area contributed by atoms with Crippen LogP contribution in [0.2, 0.25) is 0 Å². The Balaban J connectivity index is 1.58. The second-order valence-corrected chi connectivity index (χ2v) is 5.49. The summed E-state index contributed by atoms with van der Waals surface area (Å²) < 4.78 is 7.44. The Morgan fingerprint density at radius 3 is 3.11 bits per heavy atom. The van der Waals surface area contributed by atoms with Gasteiger partial charge in [-0.3, -0.25) is 9.48 Å². The molecule has 1 aromatic rings. The molecular formula is C14H21N3O2. The number of hydrogen-bond donors (Lipinski definition) is 1. The zero-order valence-electron chi connectivity index (χ0n) is 11.4. The van der Waals surface area contributed by atoms with E-state index in [1.807, 2.05) is 11.7 Å². The molecule has 1 saturated carbocycles. The van der Waals surface area contributed by atoms with E-state index in [2.05, 4.69) is 10.4 Å². The highest BCUT2D eigenvalue weighted by atomic mass is 16.5. The van der Waals surface area contributed by atoms with E-state index >= 15 is 0 Å². The molecule has 0 saturated heterocycles. The number of rotatable bonds is 4. The molecule has 0 unspecified atom stereocenters. The topological polar surface area (TPSA) is 56.2 Å². The average molecular weight is 263 g/mol. The quantitative estimate of drug-likeness (QED) is 0.885. The Bertz CT molecular complexity index is 477. The van der Waals surface area contributed by atoms with Crippen LogP contribution < -0.4 is 5.32 Å². The van der Waals surface area contributed by atoms with Gasteiger partial charge in [-0.05, 0) is 19.3 Å². The summed E-state index contributed by atoms with van der Waals surface area (Å²) in [5, 5.41) is 7.60. The Morgan fingerprint density at radius 1 is 1.53 bits per heavy atom. The van der Waals surface area contributed by atoms with Crippen LogP contribution in [0.5, 0.6) is 0 Å². The fraction of sp³-hybridized carbons (Fsp3) is 0.714. The van der Waals surface area contributed by atoms with E-state index < -0.39 is 0 Å². The molecule has 1 aliphatic carbocycles. The number of nitrogens with one attached hydrogen (secondary N) is 1. The van der Waals surface area contributed by atoms with Crippen molar-refractivity contribution in [3.05, 3.63) is 17.0 Å². The molecule has 2 aliphatic rings. The third kappa shape index (κ3) is 2.66. The van der Waals surface area contributed by atoms with Gasteiger partial charge in [0.2, 0.25) is 5.91 Å². The first kappa shape index (κ1) is 12.7. The molecule has 1 amide bonds. The van der Waals surface area contributed by atoms with Crippen molar-refractivity contribution in [2.24, 2.45) is 7.05 Å². The molecule has 0 bridgehead atoms. The standard InChI is InChI=1S/C14H21N3O2/c1-17-13-7-8-19-9-11(13)12(16-17)5-6-14(18)15-10-3-2-4-10/h10H,2-9H2,1H3,(H,15,18). The van der Waals surface area contributed by atoms with Crippen LogP contribution in [-0.4, -0.2) is 28.3 Å². The normalized spacial score (nSPS) is 18.8. The van der Waals surface area contributed by atoms with Crippen molar-refractivity contribution in [1.29, 1.82) is 0 Å². The van der Waals surface area contributed by atoms with Gasteiger partial charge in [-0.1, -0.05) is 0 Å². The molecule has 3 rings (SSSR count). The van der Waals surface area contributed by atoms with E-state index in [0.717, 1.165) is 31.6 Å². The van der Waals surface area contributed by atoms with Crippen LogP contribution in [0.1, 0.15) is 42.6 Å². The van der Waals surface area contributed by atoms with Gasteiger partial charge in [0, 0.05) is 43.6 Å². The summed E-state index contributed by atoms with van der Waals surface area (Å²) in [5.74, 6) is 0.154. The lowest BCUT2D eigenvalue weighted by Crippen LogP contribution is -2.39.